The van der Waals surface area contributed by atoms with Crippen molar-refractivity contribution in [2.75, 3.05) is 0 Å². The molecule has 0 saturated heterocycles. The van der Waals surface area contributed by atoms with Crippen molar-refractivity contribution in [2.45, 2.75) is 12.8 Å². The molecular weight excluding hydrogens is 211 g/mol. The zero-order valence-corrected chi connectivity index (χ0v) is 7.88. The summed E-state index contributed by atoms with van der Waals surface area (Å²) in [5.74, 6) is -1.88. The van der Waals surface area contributed by atoms with Crippen LogP contribution < -0.4 is 0 Å². The monoisotopic (exact) mass is 218 g/mol. The molecule has 0 fully saturated rings. The van der Waals surface area contributed by atoms with E-state index in [0.29, 0.717) is 0 Å². The number of halogens is 2. The summed E-state index contributed by atoms with van der Waals surface area (Å²) >= 11 is 5.60. The third-order valence-electron chi connectivity index (χ3n) is 1.75. The van der Waals surface area contributed by atoms with Gasteiger partial charge >= 0.3 is 5.97 Å². The standard InChI is InChI=1S/C9H8ClFO3/c10-9-5(1-4-8(13)14)6(11)2-3-7(9)12/h2-3,12H,1,4H2,(H,13,14). The summed E-state index contributed by atoms with van der Waals surface area (Å²) < 4.78 is 13.1. The Hall–Kier alpha value is -1.29. The number of benzene rings is 1. The molecule has 1 aromatic carbocycles. The Bertz CT molecular complexity index is 365. The molecular formula is C9H8ClFO3. The molecule has 0 amide bonds. The second-order valence-corrected chi connectivity index (χ2v) is 3.13. The van der Waals surface area contributed by atoms with Gasteiger partial charge in [0.15, 0.2) is 0 Å². The van der Waals surface area contributed by atoms with E-state index in [1.807, 2.05) is 0 Å². The third kappa shape index (κ3) is 2.35. The van der Waals surface area contributed by atoms with Gasteiger partial charge in [0, 0.05) is 12.0 Å². The van der Waals surface area contributed by atoms with Gasteiger partial charge in [-0.15, -0.1) is 0 Å². The van der Waals surface area contributed by atoms with Gasteiger partial charge in [-0.25, -0.2) is 4.39 Å². The molecule has 14 heavy (non-hydrogen) atoms. The van der Waals surface area contributed by atoms with E-state index in [2.05, 4.69) is 0 Å². The first-order valence-electron chi connectivity index (χ1n) is 3.90. The molecule has 3 nitrogen and oxygen atoms in total. The summed E-state index contributed by atoms with van der Waals surface area (Å²) in [5.41, 5.74) is 0.0362. The Morgan fingerprint density at radius 3 is 2.71 bits per heavy atom. The Labute approximate surface area is 84.7 Å². The predicted octanol–water partition coefficient (Wildman–Crippen LogP) is 2.20. The summed E-state index contributed by atoms with van der Waals surface area (Å²) in [6, 6.07) is 2.18. The lowest BCUT2D eigenvalue weighted by Gasteiger charge is -2.05. The van der Waals surface area contributed by atoms with Crippen molar-refractivity contribution in [3.63, 3.8) is 0 Å². The number of aliphatic carboxylic acids is 1. The van der Waals surface area contributed by atoms with E-state index >= 15 is 0 Å². The molecule has 0 heterocycles. The zero-order valence-electron chi connectivity index (χ0n) is 7.13. The van der Waals surface area contributed by atoms with Crippen molar-refractivity contribution in [2.24, 2.45) is 0 Å². The molecule has 0 radical (unpaired) electrons. The molecule has 0 spiro atoms. The minimum absolute atomic E-state index is 0.0333. The normalized spacial score (nSPS) is 10.1. The molecule has 0 unspecified atom stereocenters. The molecule has 5 heteroatoms. The minimum atomic E-state index is -1.04. The Morgan fingerprint density at radius 2 is 2.14 bits per heavy atom. The molecule has 0 saturated carbocycles. The van der Waals surface area contributed by atoms with Gasteiger partial charge in [-0.1, -0.05) is 11.6 Å². The van der Waals surface area contributed by atoms with Crippen LogP contribution in [0.3, 0.4) is 0 Å². The van der Waals surface area contributed by atoms with Gasteiger partial charge in [0.2, 0.25) is 0 Å². The highest BCUT2D eigenvalue weighted by atomic mass is 35.5. The van der Waals surface area contributed by atoms with Crippen LogP contribution in [0.2, 0.25) is 5.02 Å². The second-order valence-electron chi connectivity index (χ2n) is 2.75. The molecule has 0 aliphatic carbocycles. The average molecular weight is 219 g/mol. The maximum atomic E-state index is 13.1. The Balaban J connectivity index is 2.95. The predicted molar refractivity (Wildman–Crippen MR) is 49.0 cm³/mol. The van der Waals surface area contributed by atoms with E-state index in [1.165, 1.54) is 0 Å². The first-order valence-corrected chi connectivity index (χ1v) is 4.28. The molecule has 0 bridgehead atoms. The van der Waals surface area contributed by atoms with Crippen molar-refractivity contribution in [1.29, 1.82) is 0 Å². The number of carbonyl (C=O) groups is 1. The van der Waals surface area contributed by atoms with Crippen LogP contribution in [0.5, 0.6) is 5.75 Å². The van der Waals surface area contributed by atoms with Crippen molar-refractivity contribution >= 4 is 17.6 Å². The largest absolute Gasteiger partial charge is 0.506 e. The fourth-order valence-electron chi connectivity index (χ4n) is 1.05. The van der Waals surface area contributed by atoms with Crippen LogP contribution in [0.1, 0.15) is 12.0 Å². The average Bonchev–Trinajstić information content (AvgIpc) is 2.11. The number of carboxylic acid groups (broad SMARTS) is 1. The van der Waals surface area contributed by atoms with Crippen LogP contribution in [0.15, 0.2) is 12.1 Å². The van der Waals surface area contributed by atoms with Crippen LogP contribution >= 0.6 is 11.6 Å². The fraction of sp³-hybridized carbons (Fsp3) is 0.222. The molecule has 76 valence electrons. The quantitative estimate of drug-likeness (QED) is 0.818. The Morgan fingerprint density at radius 1 is 1.50 bits per heavy atom. The maximum absolute atomic E-state index is 13.1. The number of phenolic OH excluding ortho intramolecular Hbond substituents is 1. The second kappa shape index (κ2) is 4.28. The number of rotatable bonds is 3. The van der Waals surface area contributed by atoms with E-state index < -0.39 is 11.8 Å². The molecule has 0 aliphatic heterocycles. The van der Waals surface area contributed by atoms with Gasteiger partial charge < -0.3 is 10.2 Å². The highest BCUT2D eigenvalue weighted by Gasteiger charge is 2.12. The molecule has 2 N–H and O–H groups in total. The number of hydrogen-bond donors (Lipinski definition) is 2. The highest BCUT2D eigenvalue weighted by molar-refractivity contribution is 6.32. The van der Waals surface area contributed by atoms with E-state index in [1.54, 1.807) is 0 Å². The van der Waals surface area contributed by atoms with Crippen LogP contribution in [0, 0.1) is 5.82 Å². The number of hydrogen-bond acceptors (Lipinski definition) is 2. The topological polar surface area (TPSA) is 57.5 Å². The molecule has 0 atom stereocenters. The lowest BCUT2D eigenvalue weighted by molar-refractivity contribution is -0.136. The van der Waals surface area contributed by atoms with Crippen molar-refractivity contribution in [1.82, 2.24) is 0 Å². The summed E-state index contributed by atoms with van der Waals surface area (Å²) in [4.78, 5) is 10.3. The van der Waals surface area contributed by atoms with Gasteiger partial charge in [-0.05, 0) is 18.6 Å². The molecule has 1 aromatic rings. The molecule has 0 aliphatic rings. The first-order chi connectivity index (χ1) is 6.52. The van der Waals surface area contributed by atoms with Crippen LogP contribution in [0.4, 0.5) is 4.39 Å². The number of aromatic hydroxyl groups is 1. The van der Waals surface area contributed by atoms with Crippen LogP contribution in [-0.4, -0.2) is 16.2 Å². The molecule has 1 rings (SSSR count). The van der Waals surface area contributed by atoms with Gasteiger partial charge in [-0.2, -0.15) is 0 Å². The highest BCUT2D eigenvalue weighted by Crippen LogP contribution is 2.29. The number of phenols is 1. The summed E-state index contributed by atoms with van der Waals surface area (Å²) in [5, 5.41) is 17.4. The van der Waals surface area contributed by atoms with E-state index in [-0.39, 0.29) is 29.2 Å². The van der Waals surface area contributed by atoms with Crippen molar-refractivity contribution in [3.8, 4) is 5.75 Å². The van der Waals surface area contributed by atoms with Gasteiger partial charge in [0.25, 0.3) is 0 Å². The minimum Gasteiger partial charge on any atom is -0.506 e. The zero-order chi connectivity index (χ0) is 10.7. The summed E-state index contributed by atoms with van der Waals surface area (Å²) in [6.07, 6.45) is -0.255. The van der Waals surface area contributed by atoms with E-state index in [4.69, 9.17) is 21.8 Å². The fourth-order valence-corrected chi connectivity index (χ4v) is 1.29. The van der Waals surface area contributed by atoms with E-state index in [9.17, 15) is 9.18 Å². The lowest BCUT2D eigenvalue weighted by atomic mass is 10.1. The maximum Gasteiger partial charge on any atom is 0.303 e. The molecule has 0 aromatic heterocycles. The smallest absolute Gasteiger partial charge is 0.303 e. The Kier molecular flexibility index (Phi) is 3.30. The number of carboxylic acids is 1. The first kappa shape index (κ1) is 10.8. The van der Waals surface area contributed by atoms with Gasteiger partial charge in [-0.3, -0.25) is 4.79 Å². The van der Waals surface area contributed by atoms with Gasteiger partial charge in [0.1, 0.15) is 11.6 Å². The van der Waals surface area contributed by atoms with Crippen molar-refractivity contribution < 1.29 is 19.4 Å². The van der Waals surface area contributed by atoms with Crippen molar-refractivity contribution in [3.05, 3.63) is 28.5 Å². The third-order valence-corrected chi connectivity index (χ3v) is 2.18. The van der Waals surface area contributed by atoms with Gasteiger partial charge in [0.05, 0.1) is 5.02 Å². The summed E-state index contributed by atoms with van der Waals surface area (Å²) in [6.45, 7) is 0. The summed E-state index contributed by atoms with van der Waals surface area (Å²) in [7, 11) is 0. The lowest BCUT2D eigenvalue weighted by Crippen LogP contribution is -2.00. The van der Waals surface area contributed by atoms with E-state index in [0.717, 1.165) is 12.1 Å². The SMILES string of the molecule is O=C(O)CCc1c(F)ccc(O)c1Cl. The van der Waals surface area contributed by atoms with Crippen LogP contribution in [0.25, 0.3) is 0 Å². The van der Waals surface area contributed by atoms with Crippen LogP contribution in [-0.2, 0) is 11.2 Å².